The van der Waals surface area contributed by atoms with Crippen LogP contribution in [0.1, 0.15) is 12.8 Å². The van der Waals surface area contributed by atoms with Gasteiger partial charge in [0.2, 0.25) is 0 Å². The quantitative estimate of drug-likeness (QED) is 0.881. The van der Waals surface area contributed by atoms with Crippen molar-refractivity contribution in [3.05, 3.63) is 24.3 Å². The van der Waals surface area contributed by atoms with Crippen LogP contribution in [-0.4, -0.2) is 31.8 Å². The molecule has 1 saturated heterocycles. The van der Waals surface area contributed by atoms with Crippen molar-refractivity contribution in [2.45, 2.75) is 25.0 Å². The Morgan fingerprint density at radius 3 is 2.84 bits per heavy atom. The average Bonchev–Trinajstić information content (AvgIpc) is 2.88. The maximum atomic E-state index is 12.0. The van der Waals surface area contributed by atoms with Gasteiger partial charge >= 0.3 is 0 Å². The third-order valence-corrected chi connectivity index (χ3v) is 3.03. The van der Waals surface area contributed by atoms with Gasteiger partial charge in [0.25, 0.3) is 5.91 Å². The van der Waals surface area contributed by atoms with E-state index >= 15 is 0 Å². The topological polar surface area (TPSA) is 73.6 Å². The van der Waals surface area contributed by atoms with E-state index in [2.05, 4.69) is 5.32 Å². The van der Waals surface area contributed by atoms with Gasteiger partial charge in [-0.2, -0.15) is 0 Å². The summed E-state index contributed by atoms with van der Waals surface area (Å²) in [7, 11) is 1.57. The Morgan fingerprint density at radius 1 is 1.47 bits per heavy atom. The Bertz CT molecular complexity index is 428. The van der Waals surface area contributed by atoms with Crippen LogP contribution in [0.5, 0.6) is 5.75 Å². The highest BCUT2D eigenvalue weighted by Crippen LogP contribution is 2.25. The number of amides is 1. The van der Waals surface area contributed by atoms with Crippen LogP contribution >= 0.6 is 12.4 Å². The van der Waals surface area contributed by atoms with E-state index in [4.69, 9.17) is 15.2 Å². The standard InChI is InChI=1S/C13H18N2O3.ClH/c1-17-11-5-3-2-4-10(11)15-13(16)12-7-6-9(8-14)18-12;/h2-5,9,12H,6-8,14H2,1H3,(H,15,16);1H/t9-,12+;/m1./s1. The lowest BCUT2D eigenvalue weighted by molar-refractivity contribution is -0.126. The number of para-hydroxylation sites is 2. The Morgan fingerprint density at radius 2 is 2.21 bits per heavy atom. The van der Waals surface area contributed by atoms with Crippen molar-refractivity contribution in [1.82, 2.24) is 0 Å². The van der Waals surface area contributed by atoms with Crippen LogP contribution < -0.4 is 15.8 Å². The zero-order valence-corrected chi connectivity index (χ0v) is 11.6. The highest BCUT2D eigenvalue weighted by molar-refractivity contribution is 5.95. The van der Waals surface area contributed by atoms with Crippen molar-refractivity contribution in [1.29, 1.82) is 0 Å². The first-order valence-electron chi connectivity index (χ1n) is 6.04. The number of ether oxygens (including phenoxy) is 2. The summed E-state index contributed by atoms with van der Waals surface area (Å²) >= 11 is 0. The lowest BCUT2D eigenvalue weighted by Crippen LogP contribution is -2.29. The molecule has 0 saturated carbocycles. The van der Waals surface area contributed by atoms with Gasteiger partial charge in [-0.3, -0.25) is 4.79 Å². The fraction of sp³-hybridized carbons (Fsp3) is 0.462. The van der Waals surface area contributed by atoms with Crippen molar-refractivity contribution < 1.29 is 14.3 Å². The second-order valence-corrected chi connectivity index (χ2v) is 4.25. The lowest BCUT2D eigenvalue weighted by atomic mass is 10.2. The molecule has 5 nitrogen and oxygen atoms in total. The summed E-state index contributed by atoms with van der Waals surface area (Å²) in [5.74, 6) is 0.495. The Kier molecular flexibility index (Phi) is 6.08. The van der Waals surface area contributed by atoms with E-state index in [0.717, 1.165) is 6.42 Å². The molecule has 0 spiro atoms. The van der Waals surface area contributed by atoms with Gasteiger partial charge in [0.15, 0.2) is 0 Å². The molecule has 0 radical (unpaired) electrons. The van der Waals surface area contributed by atoms with Crippen molar-refractivity contribution in [2.24, 2.45) is 5.73 Å². The van der Waals surface area contributed by atoms with Gasteiger partial charge in [-0.05, 0) is 25.0 Å². The summed E-state index contributed by atoms with van der Waals surface area (Å²) in [6.07, 6.45) is 1.13. The fourth-order valence-electron chi connectivity index (χ4n) is 2.03. The van der Waals surface area contributed by atoms with Crippen molar-refractivity contribution in [3.8, 4) is 5.75 Å². The number of halogens is 1. The minimum absolute atomic E-state index is 0. The molecule has 1 heterocycles. The zero-order valence-electron chi connectivity index (χ0n) is 10.8. The summed E-state index contributed by atoms with van der Waals surface area (Å²) < 4.78 is 10.7. The minimum Gasteiger partial charge on any atom is -0.495 e. The zero-order chi connectivity index (χ0) is 13.0. The molecule has 3 N–H and O–H groups in total. The molecule has 1 aromatic rings. The molecule has 6 heteroatoms. The molecule has 2 rings (SSSR count). The molecule has 1 aliphatic heterocycles. The molecule has 2 atom stereocenters. The van der Waals surface area contributed by atoms with Crippen molar-refractivity contribution in [2.75, 3.05) is 19.0 Å². The van der Waals surface area contributed by atoms with E-state index in [0.29, 0.717) is 24.4 Å². The molecule has 0 aromatic heterocycles. The van der Waals surface area contributed by atoms with E-state index in [-0.39, 0.29) is 24.4 Å². The molecule has 106 valence electrons. The molecule has 1 aliphatic rings. The van der Waals surface area contributed by atoms with Crippen LogP contribution in [0.25, 0.3) is 0 Å². The maximum absolute atomic E-state index is 12.0. The molecule has 0 aliphatic carbocycles. The van der Waals surface area contributed by atoms with Crippen LogP contribution in [0.2, 0.25) is 0 Å². The second kappa shape index (κ2) is 7.33. The maximum Gasteiger partial charge on any atom is 0.253 e. The Labute approximate surface area is 118 Å². The number of anilines is 1. The summed E-state index contributed by atoms with van der Waals surface area (Å²) in [4.78, 5) is 12.0. The van der Waals surface area contributed by atoms with E-state index in [1.165, 1.54) is 0 Å². The number of rotatable bonds is 4. The molecule has 1 amide bonds. The summed E-state index contributed by atoms with van der Waals surface area (Å²) in [5.41, 5.74) is 6.17. The van der Waals surface area contributed by atoms with Crippen LogP contribution in [0.3, 0.4) is 0 Å². The van der Waals surface area contributed by atoms with Gasteiger partial charge in [-0.25, -0.2) is 0 Å². The second-order valence-electron chi connectivity index (χ2n) is 4.25. The largest absolute Gasteiger partial charge is 0.495 e. The van der Waals surface area contributed by atoms with Gasteiger partial charge in [-0.1, -0.05) is 12.1 Å². The van der Waals surface area contributed by atoms with Crippen LogP contribution in [0, 0.1) is 0 Å². The predicted molar refractivity (Wildman–Crippen MR) is 75.8 cm³/mol. The molecule has 19 heavy (non-hydrogen) atoms. The first kappa shape index (κ1) is 15.8. The molecular weight excluding hydrogens is 268 g/mol. The number of hydrogen-bond donors (Lipinski definition) is 2. The normalized spacial score (nSPS) is 21.6. The number of carbonyl (C=O) groups is 1. The number of hydrogen-bond acceptors (Lipinski definition) is 4. The predicted octanol–water partition coefficient (Wildman–Crippen LogP) is 1.56. The monoisotopic (exact) mass is 286 g/mol. The summed E-state index contributed by atoms with van der Waals surface area (Å²) in [5, 5.41) is 2.82. The molecule has 0 unspecified atom stereocenters. The van der Waals surface area contributed by atoms with Crippen molar-refractivity contribution >= 4 is 24.0 Å². The van der Waals surface area contributed by atoms with Crippen molar-refractivity contribution in [3.63, 3.8) is 0 Å². The third kappa shape index (κ3) is 3.83. The van der Waals surface area contributed by atoms with Crippen LogP contribution in [0.4, 0.5) is 5.69 Å². The average molecular weight is 287 g/mol. The first-order chi connectivity index (χ1) is 8.74. The van der Waals surface area contributed by atoms with E-state index < -0.39 is 6.10 Å². The number of methoxy groups -OCH3 is 1. The van der Waals surface area contributed by atoms with Gasteiger partial charge in [0.1, 0.15) is 11.9 Å². The third-order valence-electron chi connectivity index (χ3n) is 3.03. The summed E-state index contributed by atoms with van der Waals surface area (Å²) in [6, 6.07) is 7.29. The highest BCUT2D eigenvalue weighted by atomic mass is 35.5. The minimum atomic E-state index is -0.413. The Balaban J connectivity index is 0.00000180. The smallest absolute Gasteiger partial charge is 0.253 e. The SMILES string of the molecule is COc1ccccc1NC(=O)[C@@H]1CC[C@H](CN)O1.Cl. The highest BCUT2D eigenvalue weighted by Gasteiger charge is 2.30. The van der Waals surface area contributed by atoms with Gasteiger partial charge in [-0.15, -0.1) is 12.4 Å². The van der Waals surface area contributed by atoms with Gasteiger partial charge in [0, 0.05) is 6.54 Å². The molecular formula is C13H19ClN2O3. The van der Waals surface area contributed by atoms with E-state index in [1.807, 2.05) is 12.1 Å². The number of nitrogens with one attached hydrogen (secondary N) is 1. The number of benzene rings is 1. The molecule has 0 bridgehead atoms. The van der Waals surface area contributed by atoms with Gasteiger partial charge < -0.3 is 20.5 Å². The first-order valence-corrected chi connectivity index (χ1v) is 6.04. The molecule has 1 fully saturated rings. The van der Waals surface area contributed by atoms with Crippen LogP contribution in [-0.2, 0) is 9.53 Å². The number of nitrogens with two attached hydrogens (primary N) is 1. The van der Waals surface area contributed by atoms with Gasteiger partial charge in [0.05, 0.1) is 18.9 Å². The Hall–Kier alpha value is -1.30. The van der Waals surface area contributed by atoms with E-state index in [1.54, 1.807) is 19.2 Å². The summed E-state index contributed by atoms with van der Waals surface area (Å²) in [6.45, 7) is 0.457. The lowest BCUT2D eigenvalue weighted by Gasteiger charge is -2.14. The number of carbonyl (C=O) groups excluding carboxylic acids is 1. The fourth-order valence-corrected chi connectivity index (χ4v) is 2.03. The van der Waals surface area contributed by atoms with E-state index in [9.17, 15) is 4.79 Å². The molecule has 1 aromatic carbocycles. The van der Waals surface area contributed by atoms with Crippen LogP contribution in [0.15, 0.2) is 24.3 Å².